The van der Waals surface area contributed by atoms with E-state index in [1.165, 1.54) is 51.4 Å². The number of carbonyl (C=O) groups is 1. The maximum absolute atomic E-state index is 13.2. The van der Waals surface area contributed by atoms with Crippen LogP contribution in [0.25, 0.3) is 0 Å². The van der Waals surface area contributed by atoms with E-state index >= 15 is 0 Å². The van der Waals surface area contributed by atoms with Crippen molar-refractivity contribution in [2.45, 2.75) is 70.6 Å². The van der Waals surface area contributed by atoms with Crippen LogP contribution in [0.1, 0.15) is 70.6 Å². The normalized spacial score (nSPS) is 51.4. The van der Waals surface area contributed by atoms with Gasteiger partial charge < -0.3 is 10.6 Å². The summed E-state index contributed by atoms with van der Waals surface area (Å²) in [7, 11) is 0. The van der Waals surface area contributed by atoms with Crippen molar-refractivity contribution in [3.8, 4) is 0 Å². The van der Waals surface area contributed by atoms with Gasteiger partial charge in [-0.25, -0.2) is 0 Å². The van der Waals surface area contributed by atoms with Crippen LogP contribution in [0.5, 0.6) is 0 Å². The molecule has 0 aromatic carbocycles. The number of hydrogen-bond donors (Lipinski definition) is 2. The van der Waals surface area contributed by atoms with Gasteiger partial charge in [-0.3, -0.25) is 4.79 Å². The maximum Gasteiger partial charge on any atom is 0.232 e. The van der Waals surface area contributed by atoms with Crippen molar-refractivity contribution in [1.82, 2.24) is 10.6 Å². The van der Waals surface area contributed by atoms with Crippen LogP contribution >= 0.6 is 12.2 Å². The second kappa shape index (κ2) is 6.18. The molecule has 0 aliphatic heterocycles. The van der Waals surface area contributed by atoms with Gasteiger partial charge in [-0.1, -0.05) is 0 Å². The van der Waals surface area contributed by atoms with E-state index in [0.717, 1.165) is 73.2 Å². The SMILES string of the molecule is O=C(NC(=S)NCC1C2CC3CC(C2)CC1C3)C12CC3CC(CC(C3)C1)C2. The van der Waals surface area contributed by atoms with Crippen LogP contribution in [0, 0.1) is 52.8 Å². The summed E-state index contributed by atoms with van der Waals surface area (Å²) in [6, 6.07) is 0. The average Bonchev–Trinajstić information content (AvgIpc) is 2.59. The largest absolute Gasteiger partial charge is 0.362 e. The monoisotopic (exact) mass is 386 g/mol. The predicted octanol–water partition coefficient (Wildman–Crippen LogP) is 4.27. The fourth-order valence-electron chi connectivity index (χ4n) is 9.25. The number of nitrogens with one attached hydrogen (secondary N) is 2. The molecule has 1 amide bonds. The summed E-state index contributed by atoms with van der Waals surface area (Å²) < 4.78 is 0. The lowest BCUT2D eigenvalue weighted by Gasteiger charge is -2.55. The van der Waals surface area contributed by atoms with Crippen molar-refractivity contribution < 1.29 is 4.79 Å². The number of rotatable bonds is 3. The first-order valence-electron chi connectivity index (χ1n) is 11.7. The Morgan fingerprint density at radius 1 is 0.778 bits per heavy atom. The molecule has 8 fully saturated rings. The summed E-state index contributed by atoms with van der Waals surface area (Å²) in [6.07, 6.45) is 14.8. The zero-order valence-electron chi connectivity index (χ0n) is 16.4. The Balaban J connectivity index is 1.06. The molecule has 27 heavy (non-hydrogen) atoms. The van der Waals surface area contributed by atoms with Crippen LogP contribution in [0.3, 0.4) is 0 Å². The molecule has 8 aliphatic carbocycles. The van der Waals surface area contributed by atoms with Gasteiger partial charge in [0.25, 0.3) is 0 Å². The molecule has 0 heterocycles. The molecule has 0 unspecified atom stereocenters. The lowest BCUT2D eigenvalue weighted by molar-refractivity contribution is -0.144. The molecule has 0 radical (unpaired) electrons. The predicted molar refractivity (Wildman–Crippen MR) is 110 cm³/mol. The van der Waals surface area contributed by atoms with E-state index in [4.69, 9.17) is 12.2 Å². The summed E-state index contributed by atoms with van der Waals surface area (Å²) >= 11 is 5.57. The van der Waals surface area contributed by atoms with Crippen LogP contribution in [0.4, 0.5) is 0 Å². The van der Waals surface area contributed by atoms with Gasteiger partial charge in [0.05, 0.1) is 5.41 Å². The highest BCUT2D eigenvalue weighted by Gasteiger charge is 2.54. The van der Waals surface area contributed by atoms with E-state index < -0.39 is 0 Å². The zero-order chi connectivity index (χ0) is 18.2. The third-order valence-corrected chi connectivity index (χ3v) is 9.91. The van der Waals surface area contributed by atoms with Crippen LogP contribution in [-0.2, 0) is 4.79 Å². The van der Waals surface area contributed by atoms with E-state index in [1.54, 1.807) is 0 Å². The minimum absolute atomic E-state index is 0.0941. The van der Waals surface area contributed by atoms with E-state index in [1.807, 2.05) is 0 Å². The highest BCUT2D eigenvalue weighted by molar-refractivity contribution is 7.80. The van der Waals surface area contributed by atoms with Crippen molar-refractivity contribution in [2.24, 2.45) is 52.8 Å². The molecule has 0 atom stereocenters. The van der Waals surface area contributed by atoms with Gasteiger partial charge in [0.2, 0.25) is 5.91 Å². The Morgan fingerprint density at radius 3 is 1.78 bits per heavy atom. The Kier molecular flexibility index (Phi) is 3.94. The summed E-state index contributed by atoms with van der Waals surface area (Å²) in [5.41, 5.74) is -0.0941. The Morgan fingerprint density at radius 2 is 1.26 bits per heavy atom. The highest BCUT2D eigenvalue weighted by Crippen LogP contribution is 2.60. The zero-order valence-corrected chi connectivity index (χ0v) is 17.2. The Bertz CT molecular complexity index is 595. The molecule has 3 nitrogen and oxygen atoms in total. The molecule has 8 aliphatic rings. The topological polar surface area (TPSA) is 41.1 Å². The molecule has 4 heteroatoms. The average molecular weight is 387 g/mol. The van der Waals surface area contributed by atoms with Crippen molar-refractivity contribution in [3.63, 3.8) is 0 Å². The summed E-state index contributed by atoms with van der Waals surface area (Å²) in [5, 5.41) is 7.22. The second-order valence-corrected chi connectivity index (χ2v) is 11.9. The number of hydrogen-bond acceptors (Lipinski definition) is 2. The second-order valence-electron chi connectivity index (χ2n) is 11.5. The summed E-state index contributed by atoms with van der Waals surface area (Å²) in [5.74, 6) is 7.30. The molecule has 148 valence electrons. The maximum atomic E-state index is 13.2. The minimum atomic E-state index is -0.0941. The lowest BCUT2D eigenvalue weighted by Crippen LogP contribution is -2.56. The van der Waals surface area contributed by atoms with Crippen LogP contribution < -0.4 is 10.6 Å². The first kappa shape index (κ1) is 17.2. The van der Waals surface area contributed by atoms with Crippen LogP contribution in [0.2, 0.25) is 0 Å². The van der Waals surface area contributed by atoms with Gasteiger partial charge in [0.15, 0.2) is 5.11 Å². The molecule has 0 aromatic heterocycles. The molecule has 8 bridgehead atoms. The molecule has 0 spiro atoms. The highest BCUT2D eigenvalue weighted by atomic mass is 32.1. The minimum Gasteiger partial charge on any atom is -0.362 e. The van der Waals surface area contributed by atoms with Gasteiger partial charge in [-0.05, 0) is 130 Å². The molecule has 0 aromatic rings. The lowest BCUT2D eigenvalue weighted by atomic mass is 9.49. The molecule has 2 N–H and O–H groups in total. The first-order chi connectivity index (χ1) is 13.1. The van der Waals surface area contributed by atoms with Gasteiger partial charge >= 0.3 is 0 Å². The van der Waals surface area contributed by atoms with Gasteiger partial charge in [-0.2, -0.15) is 0 Å². The van der Waals surface area contributed by atoms with E-state index in [9.17, 15) is 4.79 Å². The molecule has 0 saturated heterocycles. The van der Waals surface area contributed by atoms with Crippen LogP contribution in [0.15, 0.2) is 0 Å². The quantitative estimate of drug-likeness (QED) is 0.712. The van der Waals surface area contributed by atoms with E-state index in [-0.39, 0.29) is 11.3 Å². The van der Waals surface area contributed by atoms with Gasteiger partial charge in [0, 0.05) is 6.54 Å². The number of thiocarbonyl (C=S) groups is 1. The molecule has 8 saturated carbocycles. The van der Waals surface area contributed by atoms with Gasteiger partial charge in [-0.15, -0.1) is 0 Å². The number of amides is 1. The Labute approximate surface area is 168 Å². The smallest absolute Gasteiger partial charge is 0.232 e. The molecule has 8 rings (SSSR count). The summed E-state index contributed by atoms with van der Waals surface area (Å²) in [6.45, 7) is 0.981. The first-order valence-corrected chi connectivity index (χ1v) is 12.1. The van der Waals surface area contributed by atoms with Crippen LogP contribution in [-0.4, -0.2) is 17.6 Å². The van der Waals surface area contributed by atoms with Crippen molar-refractivity contribution in [3.05, 3.63) is 0 Å². The van der Waals surface area contributed by atoms with Crippen molar-refractivity contribution in [1.29, 1.82) is 0 Å². The van der Waals surface area contributed by atoms with Crippen molar-refractivity contribution >= 4 is 23.2 Å². The third kappa shape index (κ3) is 2.88. The standard InChI is InChI=1S/C23H34N2OS/c26-21(23-9-15-2-16(10-23)4-17(3-15)11-23)25-22(27)24-12-20-18-5-13-1-14(7-18)8-19(20)6-13/h13-20H,1-12H2,(H2,24,25,26,27). The molecular weight excluding hydrogens is 352 g/mol. The fraction of sp³-hybridized carbons (Fsp3) is 0.913. The number of carbonyl (C=O) groups excluding carboxylic acids is 1. The van der Waals surface area contributed by atoms with E-state index in [0.29, 0.717) is 5.11 Å². The molecular formula is C23H34N2OS. The fourth-order valence-corrected chi connectivity index (χ4v) is 9.43. The Hall–Kier alpha value is -0.640. The summed E-state index contributed by atoms with van der Waals surface area (Å²) in [4.78, 5) is 13.2. The third-order valence-electron chi connectivity index (χ3n) is 9.67. The van der Waals surface area contributed by atoms with Gasteiger partial charge in [0.1, 0.15) is 0 Å². The van der Waals surface area contributed by atoms with Crippen molar-refractivity contribution in [2.75, 3.05) is 6.54 Å². The van der Waals surface area contributed by atoms with E-state index in [2.05, 4.69) is 10.6 Å².